The van der Waals surface area contributed by atoms with Crippen LogP contribution in [0, 0.1) is 6.92 Å². The van der Waals surface area contributed by atoms with E-state index in [-0.39, 0.29) is 5.91 Å². The van der Waals surface area contributed by atoms with Gasteiger partial charge in [0.1, 0.15) is 5.69 Å². The molecule has 2 aromatic rings. The summed E-state index contributed by atoms with van der Waals surface area (Å²) in [6.07, 6.45) is 3.30. The number of carbonyl (C=O) groups excluding carboxylic acids is 1. The second-order valence-electron chi connectivity index (χ2n) is 6.61. The highest BCUT2D eigenvalue weighted by Crippen LogP contribution is 2.27. The number of ether oxygens (including phenoxy) is 2. The van der Waals surface area contributed by atoms with Crippen LogP contribution in [0.15, 0.2) is 24.3 Å². The molecular weight excluding hydrogens is 344 g/mol. The number of rotatable bonds is 6. The molecule has 0 bridgehead atoms. The van der Waals surface area contributed by atoms with E-state index >= 15 is 0 Å². The van der Waals surface area contributed by atoms with Crippen molar-refractivity contribution in [2.75, 3.05) is 32.6 Å². The van der Waals surface area contributed by atoms with Gasteiger partial charge in [-0.2, -0.15) is 0 Å². The Morgan fingerprint density at radius 1 is 1.07 bits per heavy atom. The molecule has 1 aromatic carbocycles. The van der Waals surface area contributed by atoms with Crippen LogP contribution in [0.25, 0.3) is 0 Å². The van der Waals surface area contributed by atoms with Crippen LogP contribution in [0.5, 0.6) is 11.5 Å². The number of piperidine rings is 1. The maximum Gasteiger partial charge on any atom is 0.272 e. The number of aryl methyl sites for hydroxylation is 1. The molecule has 1 fully saturated rings. The smallest absolute Gasteiger partial charge is 0.272 e. The number of carbonyl (C=O) groups is 1. The van der Waals surface area contributed by atoms with Crippen LogP contribution in [0.3, 0.4) is 0 Å². The van der Waals surface area contributed by atoms with E-state index in [1.54, 1.807) is 20.3 Å². The minimum atomic E-state index is -0.0191. The average molecular weight is 370 g/mol. The summed E-state index contributed by atoms with van der Waals surface area (Å²) in [5, 5.41) is 3.20. The lowest BCUT2D eigenvalue weighted by molar-refractivity contribution is 0.0718. The van der Waals surface area contributed by atoms with Crippen molar-refractivity contribution in [3.05, 3.63) is 41.2 Å². The van der Waals surface area contributed by atoms with Gasteiger partial charge in [0.15, 0.2) is 11.5 Å². The molecule has 1 aliphatic heterocycles. The zero-order chi connectivity index (χ0) is 19.2. The molecule has 0 radical (unpaired) electrons. The first-order valence-electron chi connectivity index (χ1n) is 9.20. The standard InChI is InChI=1S/C20H26N4O3/c1-14-11-16(19(25)24-9-5-4-6-10-24)23-20(22-14)21-13-15-7-8-17(26-2)18(12-15)27-3/h7-8,11-12H,4-6,9-10,13H2,1-3H3,(H,21,22,23). The molecular formula is C20H26N4O3. The number of nitrogens with one attached hydrogen (secondary N) is 1. The van der Waals surface area contributed by atoms with Crippen LogP contribution in [0.1, 0.15) is 41.0 Å². The van der Waals surface area contributed by atoms with E-state index in [0.717, 1.165) is 37.2 Å². The van der Waals surface area contributed by atoms with Crippen molar-refractivity contribution in [1.82, 2.24) is 14.9 Å². The van der Waals surface area contributed by atoms with Gasteiger partial charge in [-0.05, 0) is 49.9 Å². The largest absolute Gasteiger partial charge is 0.493 e. The van der Waals surface area contributed by atoms with E-state index in [1.165, 1.54) is 6.42 Å². The molecule has 144 valence electrons. The van der Waals surface area contributed by atoms with Gasteiger partial charge in [-0.3, -0.25) is 4.79 Å². The molecule has 1 saturated heterocycles. The summed E-state index contributed by atoms with van der Waals surface area (Å²) in [7, 11) is 3.22. The number of hydrogen-bond donors (Lipinski definition) is 1. The monoisotopic (exact) mass is 370 g/mol. The Balaban J connectivity index is 1.72. The molecule has 7 nitrogen and oxygen atoms in total. The Hall–Kier alpha value is -2.83. The molecule has 27 heavy (non-hydrogen) atoms. The minimum Gasteiger partial charge on any atom is -0.493 e. The molecule has 1 aliphatic rings. The zero-order valence-corrected chi connectivity index (χ0v) is 16.1. The molecule has 1 aromatic heterocycles. The van der Waals surface area contributed by atoms with Crippen LogP contribution in [-0.4, -0.2) is 48.1 Å². The molecule has 2 heterocycles. The second kappa shape index (κ2) is 8.70. The Morgan fingerprint density at radius 3 is 2.52 bits per heavy atom. The lowest BCUT2D eigenvalue weighted by atomic mass is 10.1. The van der Waals surface area contributed by atoms with E-state index in [4.69, 9.17) is 9.47 Å². The predicted octanol–water partition coefficient (Wildman–Crippen LogP) is 3.04. The second-order valence-corrected chi connectivity index (χ2v) is 6.61. The van der Waals surface area contributed by atoms with Gasteiger partial charge in [-0.15, -0.1) is 0 Å². The number of hydrogen-bond acceptors (Lipinski definition) is 6. The van der Waals surface area contributed by atoms with Crippen molar-refractivity contribution >= 4 is 11.9 Å². The van der Waals surface area contributed by atoms with Gasteiger partial charge < -0.3 is 19.7 Å². The van der Waals surface area contributed by atoms with Crippen LogP contribution in [-0.2, 0) is 6.54 Å². The third-order valence-electron chi connectivity index (χ3n) is 4.62. The van der Waals surface area contributed by atoms with Crippen molar-refractivity contribution in [1.29, 1.82) is 0 Å². The fourth-order valence-electron chi connectivity index (χ4n) is 3.19. The third kappa shape index (κ3) is 4.67. The third-order valence-corrected chi connectivity index (χ3v) is 4.62. The molecule has 3 rings (SSSR count). The highest BCUT2D eigenvalue weighted by molar-refractivity contribution is 5.92. The minimum absolute atomic E-state index is 0.0191. The van der Waals surface area contributed by atoms with Crippen molar-refractivity contribution in [2.45, 2.75) is 32.7 Å². The Kier molecular flexibility index (Phi) is 6.11. The number of aromatic nitrogens is 2. The first kappa shape index (κ1) is 18.9. The molecule has 7 heteroatoms. The molecule has 0 unspecified atom stereocenters. The number of anilines is 1. The van der Waals surface area contributed by atoms with E-state index in [2.05, 4.69) is 15.3 Å². The average Bonchev–Trinajstić information content (AvgIpc) is 2.71. The first-order valence-corrected chi connectivity index (χ1v) is 9.20. The van der Waals surface area contributed by atoms with Gasteiger partial charge in [0.25, 0.3) is 5.91 Å². The summed E-state index contributed by atoms with van der Waals surface area (Å²) >= 11 is 0. The van der Waals surface area contributed by atoms with E-state index in [9.17, 15) is 4.79 Å². The maximum atomic E-state index is 12.7. The number of benzene rings is 1. The molecule has 0 spiro atoms. The molecule has 1 N–H and O–H groups in total. The quantitative estimate of drug-likeness (QED) is 0.842. The summed E-state index contributed by atoms with van der Waals surface area (Å²) < 4.78 is 10.6. The fraction of sp³-hybridized carbons (Fsp3) is 0.450. The summed E-state index contributed by atoms with van der Waals surface area (Å²) in [4.78, 5) is 23.4. The van der Waals surface area contributed by atoms with Gasteiger partial charge in [-0.25, -0.2) is 9.97 Å². The lowest BCUT2D eigenvalue weighted by Gasteiger charge is -2.26. The van der Waals surface area contributed by atoms with Crippen molar-refractivity contribution in [3.8, 4) is 11.5 Å². The van der Waals surface area contributed by atoms with Gasteiger partial charge in [0.05, 0.1) is 14.2 Å². The fourth-order valence-corrected chi connectivity index (χ4v) is 3.19. The zero-order valence-electron chi connectivity index (χ0n) is 16.1. The predicted molar refractivity (Wildman–Crippen MR) is 103 cm³/mol. The van der Waals surface area contributed by atoms with Crippen LogP contribution in [0.4, 0.5) is 5.95 Å². The van der Waals surface area contributed by atoms with E-state index in [0.29, 0.717) is 29.7 Å². The van der Waals surface area contributed by atoms with Crippen molar-refractivity contribution in [2.24, 2.45) is 0 Å². The normalized spacial score (nSPS) is 14.0. The first-order chi connectivity index (χ1) is 13.1. The van der Waals surface area contributed by atoms with Crippen molar-refractivity contribution in [3.63, 3.8) is 0 Å². The summed E-state index contributed by atoms with van der Waals surface area (Å²) in [5.41, 5.74) is 2.21. The summed E-state index contributed by atoms with van der Waals surface area (Å²) in [6, 6.07) is 7.46. The topological polar surface area (TPSA) is 76.6 Å². The molecule has 1 amide bonds. The number of methoxy groups -OCH3 is 2. The summed E-state index contributed by atoms with van der Waals surface area (Å²) in [5.74, 6) is 1.78. The highest BCUT2D eigenvalue weighted by Gasteiger charge is 2.20. The van der Waals surface area contributed by atoms with Gasteiger partial charge in [-0.1, -0.05) is 6.07 Å². The van der Waals surface area contributed by atoms with Gasteiger partial charge in [0, 0.05) is 25.3 Å². The summed E-state index contributed by atoms with van der Waals surface area (Å²) in [6.45, 7) is 3.99. The lowest BCUT2D eigenvalue weighted by Crippen LogP contribution is -2.36. The number of likely N-dealkylation sites (tertiary alicyclic amines) is 1. The highest BCUT2D eigenvalue weighted by atomic mass is 16.5. The Labute approximate surface area is 159 Å². The van der Waals surface area contributed by atoms with Gasteiger partial charge in [0.2, 0.25) is 5.95 Å². The van der Waals surface area contributed by atoms with Crippen molar-refractivity contribution < 1.29 is 14.3 Å². The number of amides is 1. The molecule has 0 aliphatic carbocycles. The SMILES string of the molecule is COc1ccc(CNc2nc(C)cc(C(=O)N3CCCCC3)n2)cc1OC. The Morgan fingerprint density at radius 2 is 1.81 bits per heavy atom. The van der Waals surface area contributed by atoms with E-state index in [1.807, 2.05) is 30.0 Å². The molecule has 0 saturated carbocycles. The van der Waals surface area contributed by atoms with E-state index < -0.39 is 0 Å². The van der Waals surface area contributed by atoms with Crippen LogP contribution in [0.2, 0.25) is 0 Å². The van der Waals surface area contributed by atoms with Crippen LogP contribution < -0.4 is 14.8 Å². The molecule has 0 atom stereocenters. The maximum absolute atomic E-state index is 12.7. The Bertz CT molecular complexity index is 804. The van der Waals surface area contributed by atoms with Crippen LogP contribution >= 0.6 is 0 Å². The van der Waals surface area contributed by atoms with Gasteiger partial charge >= 0.3 is 0 Å². The number of nitrogens with zero attached hydrogens (tertiary/aromatic N) is 3.